The van der Waals surface area contributed by atoms with E-state index in [1.165, 1.54) is 48.5 Å². The van der Waals surface area contributed by atoms with Gasteiger partial charge in [-0.15, -0.1) is 0 Å². The minimum atomic E-state index is -1.55. The predicted octanol–water partition coefficient (Wildman–Crippen LogP) is -2.20. The minimum Gasteiger partial charge on any atom is -0.508 e. The average Bonchev–Trinajstić information content (AvgIpc) is 2.94. The van der Waals surface area contributed by atoms with E-state index in [4.69, 9.17) is 17.2 Å². The van der Waals surface area contributed by atoms with Crippen molar-refractivity contribution in [2.24, 2.45) is 22.2 Å². The lowest BCUT2D eigenvalue weighted by Crippen LogP contribution is -2.58. The average molecular weight is 588 g/mol. The normalized spacial score (nSPS) is 13.6. The number of amides is 3. The predicted molar refractivity (Wildman–Crippen MR) is 152 cm³/mol. The zero-order chi connectivity index (χ0) is 31.2. The zero-order valence-corrected chi connectivity index (χ0v) is 22.8. The lowest BCUT2D eigenvalue weighted by Gasteiger charge is -2.24. The van der Waals surface area contributed by atoms with E-state index in [0.717, 1.165) is 0 Å². The summed E-state index contributed by atoms with van der Waals surface area (Å²) in [6.45, 7) is -0.620. The first kappa shape index (κ1) is 33.3. The number of aromatic hydroxyl groups is 2. The number of nitrogens with zero attached hydrogens (tertiary/aromatic N) is 1. The second kappa shape index (κ2) is 16.4. The number of nitrogens with one attached hydrogen (secondary N) is 3. The number of carboxylic acid groups (broad SMARTS) is 1. The highest BCUT2D eigenvalue weighted by molar-refractivity contribution is 5.94. The molecule has 4 atom stereocenters. The number of phenols is 2. The second-order valence-electron chi connectivity index (χ2n) is 9.50. The van der Waals surface area contributed by atoms with Crippen molar-refractivity contribution in [2.45, 2.75) is 49.9 Å². The van der Waals surface area contributed by atoms with Crippen LogP contribution in [0.15, 0.2) is 53.5 Å². The van der Waals surface area contributed by atoms with Gasteiger partial charge in [0.15, 0.2) is 5.96 Å². The van der Waals surface area contributed by atoms with Gasteiger partial charge in [0, 0.05) is 19.4 Å². The summed E-state index contributed by atoms with van der Waals surface area (Å²) in [5.41, 5.74) is 17.6. The molecule has 0 fully saturated rings. The van der Waals surface area contributed by atoms with Gasteiger partial charge in [-0.3, -0.25) is 19.4 Å². The molecule has 2 rings (SSSR count). The van der Waals surface area contributed by atoms with E-state index in [2.05, 4.69) is 20.9 Å². The molecule has 0 saturated heterocycles. The van der Waals surface area contributed by atoms with Crippen molar-refractivity contribution in [1.29, 1.82) is 0 Å². The van der Waals surface area contributed by atoms with Crippen LogP contribution in [0, 0.1) is 0 Å². The third-order valence-corrected chi connectivity index (χ3v) is 6.12. The summed E-state index contributed by atoms with van der Waals surface area (Å²) in [6, 6.07) is 6.36. The van der Waals surface area contributed by atoms with Gasteiger partial charge in [-0.05, 0) is 48.2 Å². The van der Waals surface area contributed by atoms with Crippen molar-refractivity contribution in [3.63, 3.8) is 0 Å². The molecular weight excluding hydrogens is 550 g/mol. The van der Waals surface area contributed by atoms with Crippen LogP contribution in [0.5, 0.6) is 11.5 Å². The number of phenolic OH excluding ortho intramolecular Hbond substituents is 2. The Morgan fingerprint density at radius 2 is 1.19 bits per heavy atom. The third kappa shape index (κ3) is 11.3. The molecule has 42 heavy (non-hydrogen) atoms. The summed E-state index contributed by atoms with van der Waals surface area (Å²) in [7, 11) is 0. The summed E-state index contributed by atoms with van der Waals surface area (Å²) in [4.78, 5) is 54.5. The Kier molecular flexibility index (Phi) is 13.0. The van der Waals surface area contributed by atoms with Gasteiger partial charge in [0.2, 0.25) is 17.7 Å². The first-order valence-electron chi connectivity index (χ1n) is 13.0. The molecule has 2 aromatic carbocycles. The first-order chi connectivity index (χ1) is 19.9. The lowest BCUT2D eigenvalue weighted by molar-refractivity contribution is -0.142. The SMILES string of the molecule is NC(N)=NCCCC(N)C(=O)NC(Cc1ccc(O)cc1)C(=O)NC(CO)C(=O)NC(Cc1ccc(O)cc1)C(=O)O. The molecule has 0 saturated carbocycles. The van der Waals surface area contributed by atoms with Crippen molar-refractivity contribution < 1.29 is 39.6 Å². The van der Waals surface area contributed by atoms with Gasteiger partial charge < -0.3 is 53.6 Å². The van der Waals surface area contributed by atoms with Gasteiger partial charge in [0.1, 0.15) is 29.6 Å². The van der Waals surface area contributed by atoms with Gasteiger partial charge in [-0.2, -0.15) is 0 Å². The molecule has 0 heterocycles. The number of benzene rings is 2. The Hall–Kier alpha value is -4.89. The fourth-order valence-corrected chi connectivity index (χ4v) is 3.81. The number of nitrogens with two attached hydrogens (primary N) is 3. The molecule has 3 amide bonds. The van der Waals surface area contributed by atoms with Gasteiger partial charge in [0.25, 0.3) is 0 Å². The highest BCUT2D eigenvalue weighted by Crippen LogP contribution is 2.13. The maximum atomic E-state index is 13.2. The van der Waals surface area contributed by atoms with Crippen LogP contribution in [0.3, 0.4) is 0 Å². The van der Waals surface area contributed by atoms with Crippen LogP contribution in [-0.2, 0) is 32.0 Å². The van der Waals surface area contributed by atoms with Crippen LogP contribution < -0.4 is 33.2 Å². The number of guanidine groups is 1. The zero-order valence-electron chi connectivity index (χ0n) is 22.8. The molecule has 228 valence electrons. The molecular formula is C27H37N7O8. The van der Waals surface area contributed by atoms with Gasteiger partial charge >= 0.3 is 5.97 Å². The van der Waals surface area contributed by atoms with E-state index < -0.39 is 54.5 Å². The topological polar surface area (TPSA) is 276 Å². The Morgan fingerprint density at radius 1 is 0.738 bits per heavy atom. The fourth-order valence-electron chi connectivity index (χ4n) is 3.81. The van der Waals surface area contributed by atoms with Crippen LogP contribution in [0.1, 0.15) is 24.0 Å². The van der Waals surface area contributed by atoms with Crippen molar-refractivity contribution >= 4 is 29.7 Å². The molecule has 13 N–H and O–H groups in total. The molecule has 15 heteroatoms. The van der Waals surface area contributed by atoms with Crippen molar-refractivity contribution in [3.8, 4) is 11.5 Å². The van der Waals surface area contributed by atoms with Gasteiger partial charge in [-0.1, -0.05) is 24.3 Å². The fraction of sp³-hybridized carbons (Fsp3) is 0.370. The van der Waals surface area contributed by atoms with Crippen LogP contribution in [0.2, 0.25) is 0 Å². The van der Waals surface area contributed by atoms with Crippen LogP contribution >= 0.6 is 0 Å². The lowest BCUT2D eigenvalue weighted by atomic mass is 10.0. The molecule has 0 aliphatic carbocycles. The maximum Gasteiger partial charge on any atom is 0.326 e. The smallest absolute Gasteiger partial charge is 0.326 e. The molecule has 0 aromatic heterocycles. The number of carbonyl (C=O) groups is 4. The summed E-state index contributed by atoms with van der Waals surface area (Å²) >= 11 is 0. The highest BCUT2D eigenvalue weighted by atomic mass is 16.4. The molecule has 0 spiro atoms. The van der Waals surface area contributed by atoms with Crippen LogP contribution in [0.25, 0.3) is 0 Å². The number of carboxylic acids is 1. The van der Waals surface area contributed by atoms with E-state index >= 15 is 0 Å². The number of aliphatic carboxylic acids is 1. The Bertz CT molecular complexity index is 1230. The molecule has 0 aliphatic rings. The number of rotatable bonds is 16. The number of hydrogen-bond acceptors (Lipinski definition) is 9. The summed E-state index contributed by atoms with van der Waals surface area (Å²) < 4.78 is 0. The maximum absolute atomic E-state index is 13.2. The molecule has 0 aliphatic heterocycles. The highest BCUT2D eigenvalue weighted by Gasteiger charge is 2.30. The monoisotopic (exact) mass is 587 g/mol. The Labute approximate surface area is 241 Å². The quantitative estimate of drug-likeness (QED) is 0.0571. The van der Waals surface area contributed by atoms with Crippen molar-refractivity contribution in [1.82, 2.24) is 16.0 Å². The summed E-state index contributed by atoms with van der Waals surface area (Å²) in [5.74, 6) is -3.96. The standard InChI is InChI=1S/C27H37N7O8/c28-19(2-1-11-31-27(29)30)23(38)32-20(12-15-3-7-17(36)8-4-15)24(39)34-22(14-35)25(40)33-21(26(41)42)13-16-5-9-18(37)10-6-16/h3-10,19-22,35-37H,1-2,11-14,28H2,(H,32,38)(H,33,40)(H,34,39)(H,41,42)(H4,29,30,31). The van der Waals surface area contributed by atoms with E-state index in [9.17, 15) is 39.6 Å². The third-order valence-electron chi connectivity index (χ3n) is 6.12. The summed E-state index contributed by atoms with van der Waals surface area (Å²) in [5, 5.41) is 45.6. The van der Waals surface area contributed by atoms with Crippen LogP contribution in [0.4, 0.5) is 0 Å². The van der Waals surface area contributed by atoms with Crippen LogP contribution in [-0.4, -0.2) is 87.4 Å². The molecule has 2 aromatic rings. The van der Waals surface area contributed by atoms with Gasteiger partial charge in [-0.25, -0.2) is 4.79 Å². The first-order valence-corrected chi connectivity index (χ1v) is 13.0. The Balaban J connectivity index is 2.12. The molecule has 15 nitrogen and oxygen atoms in total. The van der Waals surface area contributed by atoms with E-state index in [1.807, 2.05) is 0 Å². The summed E-state index contributed by atoms with van der Waals surface area (Å²) in [6.07, 6.45) is 0.406. The van der Waals surface area contributed by atoms with E-state index in [0.29, 0.717) is 17.5 Å². The number of carbonyl (C=O) groups excluding carboxylic acids is 3. The largest absolute Gasteiger partial charge is 0.508 e. The number of hydrogen-bond donors (Lipinski definition) is 10. The van der Waals surface area contributed by atoms with E-state index in [-0.39, 0.29) is 43.3 Å². The number of aliphatic hydroxyl groups excluding tert-OH is 1. The molecule has 4 unspecified atom stereocenters. The number of aliphatic hydroxyl groups is 1. The molecule has 0 bridgehead atoms. The van der Waals surface area contributed by atoms with Crippen molar-refractivity contribution in [3.05, 3.63) is 59.7 Å². The van der Waals surface area contributed by atoms with Gasteiger partial charge in [0.05, 0.1) is 12.6 Å². The number of aliphatic imine (C=N–C) groups is 1. The second-order valence-corrected chi connectivity index (χ2v) is 9.50. The Morgan fingerprint density at radius 3 is 1.67 bits per heavy atom. The minimum absolute atomic E-state index is 0.0103. The van der Waals surface area contributed by atoms with E-state index in [1.54, 1.807) is 0 Å². The van der Waals surface area contributed by atoms with Crippen molar-refractivity contribution in [2.75, 3.05) is 13.2 Å². The molecule has 0 radical (unpaired) electrons.